The first kappa shape index (κ1) is 40.2. The molecule has 0 aromatic rings. The molecule has 0 heterocycles. The molecular weight excluding hydrogens is 544 g/mol. The summed E-state index contributed by atoms with van der Waals surface area (Å²) < 4.78 is 0. The molecule has 0 aromatic carbocycles. The van der Waals surface area contributed by atoms with E-state index in [1.807, 2.05) is 0 Å². The van der Waals surface area contributed by atoms with Gasteiger partial charge in [-0.2, -0.15) is 0 Å². The van der Waals surface area contributed by atoms with Crippen molar-refractivity contribution >= 4 is 11.9 Å². The summed E-state index contributed by atoms with van der Waals surface area (Å²) in [5, 5.41) is 17.3. The van der Waals surface area contributed by atoms with Gasteiger partial charge < -0.3 is 10.2 Å². The monoisotopic (exact) mass is 615 g/mol. The number of rotatable bonds is 34. The van der Waals surface area contributed by atoms with E-state index in [-0.39, 0.29) is 0 Å². The maximum atomic E-state index is 10.5. The average Bonchev–Trinajstić information content (AvgIpc) is 2.98. The Balaban J connectivity index is 1.83. The van der Waals surface area contributed by atoms with Gasteiger partial charge in [-0.3, -0.25) is 9.59 Å². The Labute approximate surface area is 272 Å². The number of carboxylic acid groups (broad SMARTS) is 2. The molecule has 0 amide bonds. The van der Waals surface area contributed by atoms with Crippen LogP contribution in [0.25, 0.3) is 0 Å². The van der Waals surface area contributed by atoms with Gasteiger partial charge in [0.2, 0.25) is 0 Å². The average molecular weight is 615 g/mol. The van der Waals surface area contributed by atoms with Crippen molar-refractivity contribution in [3.8, 4) is 0 Å². The van der Waals surface area contributed by atoms with Crippen LogP contribution in [0.2, 0.25) is 0 Å². The Bertz CT molecular complexity index is 711. The van der Waals surface area contributed by atoms with Crippen molar-refractivity contribution in [1.82, 2.24) is 0 Å². The molecule has 4 nitrogen and oxygen atoms in total. The van der Waals surface area contributed by atoms with Gasteiger partial charge in [-0.05, 0) is 88.9 Å². The van der Waals surface area contributed by atoms with Crippen molar-refractivity contribution in [2.75, 3.05) is 0 Å². The highest BCUT2D eigenvalue weighted by atomic mass is 16.4. The van der Waals surface area contributed by atoms with Gasteiger partial charge in [0.05, 0.1) is 0 Å². The second-order valence-electron chi connectivity index (χ2n) is 13.6. The Morgan fingerprint density at radius 1 is 0.455 bits per heavy atom. The molecule has 2 N–H and O–H groups in total. The molecule has 1 aliphatic carbocycles. The van der Waals surface area contributed by atoms with Crippen molar-refractivity contribution in [2.45, 2.75) is 199 Å². The molecule has 0 aromatic heterocycles. The standard InChI is InChI=1S/C40H70O4/c41-38(42)32-27-23-19-15-11-7-3-1-5-9-13-17-21-25-29-34-40(36-31-37-40)35-30-26-22-18-14-10-6-2-4-8-12-16-20-24-28-33-39(43)44/h1-4,31,36H,5-30,32-35,37H2,(H,41,42)(H,43,44)/b3-1-,4-2-. The first-order valence-electron chi connectivity index (χ1n) is 19.0. The molecule has 44 heavy (non-hydrogen) atoms. The largest absolute Gasteiger partial charge is 0.481 e. The number of aliphatic carboxylic acids is 2. The third-order valence-corrected chi connectivity index (χ3v) is 9.44. The Hall–Kier alpha value is -1.84. The smallest absolute Gasteiger partial charge is 0.303 e. The predicted molar refractivity (Wildman–Crippen MR) is 188 cm³/mol. The molecule has 0 spiro atoms. The van der Waals surface area contributed by atoms with E-state index in [4.69, 9.17) is 10.2 Å². The van der Waals surface area contributed by atoms with Crippen LogP contribution in [0.4, 0.5) is 0 Å². The third-order valence-electron chi connectivity index (χ3n) is 9.44. The normalized spacial score (nSPS) is 14.1. The Morgan fingerprint density at radius 3 is 1.00 bits per heavy atom. The van der Waals surface area contributed by atoms with Crippen LogP contribution in [0.1, 0.15) is 199 Å². The number of unbranched alkanes of at least 4 members (excludes halogenated alkanes) is 22. The van der Waals surface area contributed by atoms with Gasteiger partial charge in [0.25, 0.3) is 0 Å². The second kappa shape index (κ2) is 29.8. The molecule has 1 rings (SSSR count). The quantitative estimate of drug-likeness (QED) is 0.0558. The summed E-state index contributed by atoms with van der Waals surface area (Å²) in [6.45, 7) is 0. The fraction of sp³-hybridized carbons (Fsp3) is 0.800. The van der Waals surface area contributed by atoms with E-state index >= 15 is 0 Å². The van der Waals surface area contributed by atoms with Crippen molar-refractivity contribution in [2.24, 2.45) is 5.41 Å². The highest BCUT2D eigenvalue weighted by Crippen LogP contribution is 2.43. The van der Waals surface area contributed by atoms with Crippen LogP contribution >= 0.6 is 0 Å². The summed E-state index contributed by atoms with van der Waals surface area (Å²) in [6, 6.07) is 0. The first-order chi connectivity index (χ1) is 21.5. The number of carboxylic acids is 2. The highest BCUT2D eigenvalue weighted by molar-refractivity contribution is 5.66. The summed E-state index contributed by atoms with van der Waals surface area (Å²) in [5.74, 6) is -1.33. The van der Waals surface area contributed by atoms with Gasteiger partial charge in [0.15, 0.2) is 0 Å². The van der Waals surface area contributed by atoms with Gasteiger partial charge in [0, 0.05) is 12.8 Å². The van der Waals surface area contributed by atoms with Crippen molar-refractivity contribution in [3.63, 3.8) is 0 Å². The molecule has 0 aliphatic heterocycles. The molecule has 1 aliphatic rings. The minimum absolute atomic E-state index is 0.323. The number of hydrogen-bond acceptors (Lipinski definition) is 2. The Morgan fingerprint density at radius 2 is 0.727 bits per heavy atom. The lowest BCUT2D eigenvalue weighted by atomic mass is 9.69. The topological polar surface area (TPSA) is 74.6 Å². The van der Waals surface area contributed by atoms with Crippen LogP contribution in [0.3, 0.4) is 0 Å². The molecule has 0 saturated carbocycles. The number of allylic oxidation sites excluding steroid dienone is 6. The van der Waals surface area contributed by atoms with Crippen LogP contribution in [0.15, 0.2) is 36.5 Å². The molecule has 0 unspecified atom stereocenters. The van der Waals surface area contributed by atoms with Crippen LogP contribution in [0, 0.1) is 5.41 Å². The summed E-state index contributed by atoms with van der Waals surface area (Å²) in [5.41, 5.74) is 0.548. The fourth-order valence-electron chi connectivity index (χ4n) is 6.45. The van der Waals surface area contributed by atoms with Crippen molar-refractivity contribution in [3.05, 3.63) is 36.5 Å². The van der Waals surface area contributed by atoms with E-state index < -0.39 is 11.9 Å². The zero-order valence-electron chi connectivity index (χ0n) is 28.6. The van der Waals surface area contributed by atoms with Crippen molar-refractivity contribution < 1.29 is 19.8 Å². The molecule has 4 heteroatoms. The van der Waals surface area contributed by atoms with E-state index in [1.165, 1.54) is 161 Å². The molecular formula is C40H70O4. The minimum Gasteiger partial charge on any atom is -0.481 e. The van der Waals surface area contributed by atoms with E-state index in [9.17, 15) is 9.59 Å². The fourth-order valence-corrected chi connectivity index (χ4v) is 6.45. The lowest BCUT2D eigenvalue weighted by molar-refractivity contribution is -0.138. The molecule has 0 saturated heterocycles. The van der Waals surface area contributed by atoms with E-state index in [1.54, 1.807) is 0 Å². The second-order valence-corrected chi connectivity index (χ2v) is 13.6. The van der Waals surface area contributed by atoms with Crippen molar-refractivity contribution in [1.29, 1.82) is 0 Å². The lowest BCUT2D eigenvalue weighted by Crippen LogP contribution is -2.23. The lowest BCUT2D eigenvalue weighted by Gasteiger charge is -2.36. The van der Waals surface area contributed by atoms with E-state index in [2.05, 4.69) is 36.5 Å². The molecule has 0 bridgehead atoms. The molecule has 254 valence electrons. The molecule has 0 atom stereocenters. The van der Waals surface area contributed by atoms with Gasteiger partial charge in [-0.1, -0.05) is 139 Å². The van der Waals surface area contributed by atoms with Gasteiger partial charge >= 0.3 is 11.9 Å². The maximum absolute atomic E-state index is 10.5. The molecule has 0 fully saturated rings. The van der Waals surface area contributed by atoms with Crippen LogP contribution in [-0.2, 0) is 9.59 Å². The van der Waals surface area contributed by atoms with Gasteiger partial charge in [0.1, 0.15) is 0 Å². The summed E-state index contributed by atoms with van der Waals surface area (Å²) >= 11 is 0. The zero-order chi connectivity index (χ0) is 31.8. The highest BCUT2D eigenvalue weighted by Gasteiger charge is 2.29. The summed E-state index contributed by atoms with van der Waals surface area (Å²) in [6.07, 6.45) is 51.6. The summed E-state index contributed by atoms with van der Waals surface area (Å²) in [7, 11) is 0. The third kappa shape index (κ3) is 26.6. The van der Waals surface area contributed by atoms with Gasteiger partial charge in [-0.15, -0.1) is 0 Å². The summed E-state index contributed by atoms with van der Waals surface area (Å²) in [4.78, 5) is 21.0. The predicted octanol–water partition coefficient (Wildman–Crippen LogP) is 12.9. The number of carbonyl (C=O) groups is 2. The SMILES string of the molecule is O=C(O)CCCCCCC/C=C\CCCCCCCCC1(CCCCCCCC/C=C\CCCCCCCC(=O)O)C=CC1. The maximum Gasteiger partial charge on any atom is 0.303 e. The minimum atomic E-state index is -0.667. The first-order valence-corrected chi connectivity index (χ1v) is 19.0. The molecule has 0 radical (unpaired) electrons. The van der Waals surface area contributed by atoms with Crippen LogP contribution in [-0.4, -0.2) is 22.2 Å². The van der Waals surface area contributed by atoms with Crippen LogP contribution in [0.5, 0.6) is 0 Å². The van der Waals surface area contributed by atoms with E-state index in [0.717, 1.165) is 25.7 Å². The van der Waals surface area contributed by atoms with Gasteiger partial charge in [-0.25, -0.2) is 0 Å². The zero-order valence-corrected chi connectivity index (χ0v) is 28.6. The van der Waals surface area contributed by atoms with E-state index in [0.29, 0.717) is 18.3 Å². The Kier molecular flexibility index (Phi) is 27.3. The van der Waals surface area contributed by atoms with Crippen LogP contribution < -0.4 is 0 Å². The number of hydrogen-bond donors (Lipinski definition) is 2.